The second kappa shape index (κ2) is 9.72. The molecule has 2 N–H and O–H groups in total. The average molecular weight is 461 g/mol. The molecule has 1 aliphatic rings. The van der Waals surface area contributed by atoms with E-state index in [1.807, 2.05) is 42.5 Å². The lowest BCUT2D eigenvalue weighted by molar-refractivity contribution is -0.136. The van der Waals surface area contributed by atoms with Gasteiger partial charge in [0.2, 0.25) is 0 Å². The van der Waals surface area contributed by atoms with Gasteiger partial charge in [0.05, 0.1) is 0 Å². The normalized spacial score (nSPS) is 14.6. The zero-order chi connectivity index (χ0) is 24.3. The predicted octanol–water partition coefficient (Wildman–Crippen LogP) is 7.00. The standard InChI is InChI=1S/C29H29FO4/c1-29(2)14-4-7-26(29)24-16-20(8-11-23(24)25-17-21(31)10-12-27(25)30)18-34-22-6-3-5-19(15-22)9-13-28(32)33/h3,5-8,10-12,15-17,31H,4,9,13-14,18H2,1-2H3,(H,32,33). The molecule has 3 aromatic rings. The highest BCUT2D eigenvalue weighted by Crippen LogP contribution is 2.47. The van der Waals surface area contributed by atoms with E-state index in [0.29, 0.717) is 24.3 Å². The number of halogens is 1. The number of phenols is 1. The zero-order valence-electron chi connectivity index (χ0n) is 19.5. The fourth-order valence-corrected chi connectivity index (χ4v) is 4.53. The first-order chi connectivity index (χ1) is 16.2. The van der Waals surface area contributed by atoms with E-state index in [2.05, 4.69) is 19.9 Å². The van der Waals surface area contributed by atoms with Crippen LogP contribution in [0.4, 0.5) is 4.39 Å². The Morgan fingerprint density at radius 1 is 1.00 bits per heavy atom. The van der Waals surface area contributed by atoms with Gasteiger partial charge in [-0.3, -0.25) is 4.79 Å². The Morgan fingerprint density at radius 3 is 2.56 bits per heavy atom. The van der Waals surface area contributed by atoms with Crippen molar-refractivity contribution in [2.75, 3.05) is 0 Å². The third-order valence-corrected chi connectivity index (χ3v) is 6.39. The number of benzene rings is 3. The number of aromatic hydroxyl groups is 1. The summed E-state index contributed by atoms with van der Waals surface area (Å²) >= 11 is 0. The number of aliphatic carboxylic acids is 1. The Bertz CT molecular complexity index is 1240. The average Bonchev–Trinajstić information content (AvgIpc) is 3.17. The number of phenolic OH excluding ortho intramolecular Hbond substituents is 1. The smallest absolute Gasteiger partial charge is 0.303 e. The van der Waals surface area contributed by atoms with Crippen LogP contribution < -0.4 is 4.74 Å². The fourth-order valence-electron chi connectivity index (χ4n) is 4.53. The SMILES string of the molecule is CC1(C)CCC=C1c1cc(COc2cccc(CCC(=O)O)c2)ccc1-c1cc(O)ccc1F. The van der Waals surface area contributed by atoms with Crippen LogP contribution in [0.2, 0.25) is 0 Å². The fraction of sp³-hybridized carbons (Fsp3) is 0.276. The summed E-state index contributed by atoms with van der Waals surface area (Å²) < 4.78 is 20.8. The number of ether oxygens (including phenoxy) is 1. The molecule has 0 saturated carbocycles. The molecular formula is C29H29FO4. The van der Waals surface area contributed by atoms with Gasteiger partial charge >= 0.3 is 5.97 Å². The molecule has 0 spiro atoms. The second-order valence-electron chi connectivity index (χ2n) is 9.41. The number of carbonyl (C=O) groups is 1. The van der Waals surface area contributed by atoms with Crippen LogP contribution in [0.5, 0.6) is 11.5 Å². The van der Waals surface area contributed by atoms with Gasteiger partial charge in [0, 0.05) is 12.0 Å². The summed E-state index contributed by atoms with van der Waals surface area (Å²) in [6, 6.07) is 17.4. The topological polar surface area (TPSA) is 66.8 Å². The van der Waals surface area contributed by atoms with E-state index < -0.39 is 5.97 Å². The molecule has 0 fully saturated rings. The molecule has 0 atom stereocenters. The van der Waals surface area contributed by atoms with Gasteiger partial charge in [0.1, 0.15) is 23.9 Å². The van der Waals surface area contributed by atoms with Crippen molar-refractivity contribution in [1.82, 2.24) is 0 Å². The summed E-state index contributed by atoms with van der Waals surface area (Å²) in [5.74, 6) is -0.506. The van der Waals surface area contributed by atoms with Gasteiger partial charge in [-0.25, -0.2) is 4.39 Å². The minimum absolute atomic E-state index is 0.0252. The third kappa shape index (κ3) is 5.30. The van der Waals surface area contributed by atoms with E-state index in [4.69, 9.17) is 9.84 Å². The van der Waals surface area contributed by atoms with Crippen molar-refractivity contribution in [3.05, 3.63) is 89.2 Å². The Morgan fingerprint density at radius 2 is 1.82 bits per heavy atom. The minimum Gasteiger partial charge on any atom is -0.508 e. The molecule has 0 saturated heterocycles. The summed E-state index contributed by atoms with van der Waals surface area (Å²) in [7, 11) is 0. The molecule has 0 heterocycles. The molecule has 0 bridgehead atoms. The van der Waals surface area contributed by atoms with Crippen LogP contribution in [0.1, 0.15) is 49.8 Å². The van der Waals surface area contributed by atoms with Crippen LogP contribution in [0.15, 0.2) is 66.7 Å². The monoisotopic (exact) mass is 460 g/mol. The third-order valence-electron chi connectivity index (χ3n) is 6.39. The molecule has 0 aliphatic heterocycles. The summed E-state index contributed by atoms with van der Waals surface area (Å²) in [4.78, 5) is 10.9. The van der Waals surface area contributed by atoms with Crippen molar-refractivity contribution in [2.45, 2.75) is 46.1 Å². The maximum atomic E-state index is 14.7. The Kier molecular flexibility index (Phi) is 6.73. The van der Waals surface area contributed by atoms with Crippen LogP contribution in [0.25, 0.3) is 16.7 Å². The van der Waals surface area contributed by atoms with Crippen LogP contribution in [-0.4, -0.2) is 16.2 Å². The van der Waals surface area contributed by atoms with Gasteiger partial charge < -0.3 is 14.9 Å². The zero-order valence-corrected chi connectivity index (χ0v) is 19.5. The van der Waals surface area contributed by atoms with Gasteiger partial charge in [-0.1, -0.05) is 44.2 Å². The molecule has 0 aromatic heterocycles. The lowest BCUT2D eigenvalue weighted by atomic mass is 9.79. The number of hydrogen-bond donors (Lipinski definition) is 2. The largest absolute Gasteiger partial charge is 0.508 e. The van der Waals surface area contributed by atoms with Crippen molar-refractivity contribution < 1.29 is 24.1 Å². The Balaban J connectivity index is 1.64. The Hall–Kier alpha value is -3.60. The molecule has 4 nitrogen and oxygen atoms in total. The number of carboxylic acids is 1. The first-order valence-corrected chi connectivity index (χ1v) is 11.5. The minimum atomic E-state index is -0.828. The van der Waals surface area contributed by atoms with E-state index in [9.17, 15) is 14.3 Å². The van der Waals surface area contributed by atoms with Gasteiger partial charge in [-0.2, -0.15) is 0 Å². The van der Waals surface area contributed by atoms with Crippen molar-refractivity contribution in [3.63, 3.8) is 0 Å². The van der Waals surface area contributed by atoms with Crippen LogP contribution in [0, 0.1) is 11.2 Å². The maximum absolute atomic E-state index is 14.7. The molecular weight excluding hydrogens is 431 g/mol. The van der Waals surface area contributed by atoms with Gasteiger partial charge in [-0.05, 0) is 88.9 Å². The van der Waals surface area contributed by atoms with E-state index in [-0.39, 0.29) is 23.4 Å². The van der Waals surface area contributed by atoms with E-state index in [0.717, 1.165) is 35.1 Å². The summed E-state index contributed by atoms with van der Waals surface area (Å²) in [6.07, 6.45) is 4.73. The molecule has 0 amide bonds. The molecule has 1 aliphatic carbocycles. The molecule has 34 heavy (non-hydrogen) atoms. The van der Waals surface area contributed by atoms with E-state index >= 15 is 0 Å². The predicted molar refractivity (Wildman–Crippen MR) is 131 cm³/mol. The van der Waals surface area contributed by atoms with E-state index in [1.54, 1.807) is 0 Å². The highest BCUT2D eigenvalue weighted by Gasteiger charge is 2.30. The maximum Gasteiger partial charge on any atom is 0.303 e. The molecule has 0 unspecified atom stereocenters. The van der Waals surface area contributed by atoms with Crippen LogP contribution in [0.3, 0.4) is 0 Å². The first-order valence-electron chi connectivity index (χ1n) is 11.5. The van der Waals surface area contributed by atoms with Gasteiger partial charge in [0.25, 0.3) is 0 Å². The lowest BCUT2D eigenvalue weighted by Crippen LogP contribution is -2.10. The van der Waals surface area contributed by atoms with Crippen LogP contribution >= 0.6 is 0 Å². The Labute approximate surface area is 199 Å². The highest BCUT2D eigenvalue weighted by molar-refractivity contribution is 5.85. The first kappa shape index (κ1) is 23.6. The molecule has 4 rings (SSSR count). The quantitative estimate of drug-likeness (QED) is 0.380. The molecule has 176 valence electrons. The number of rotatable bonds is 8. The van der Waals surface area contributed by atoms with Crippen molar-refractivity contribution in [1.29, 1.82) is 0 Å². The number of allylic oxidation sites excluding steroid dienone is 2. The van der Waals surface area contributed by atoms with Crippen molar-refractivity contribution >= 4 is 11.5 Å². The highest BCUT2D eigenvalue weighted by atomic mass is 19.1. The lowest BCUT2D eigenvalue weighted by Gasteiger charge is -2.25. The molecule has 0 radical (unpaired) electrons. The summed E-state index contributed by atoms with van der Waals surface area (Å²) in [6.45, 7) is 4.71. The summed E-state index contributed by atoms with van der Waals surface area (Å²) in [5, 5.41) is 18.9. The second-order valence-corrected chi connectivity index (χ2v) is 9.41. The van der Waals surface area contributed by atoms with Gasteiger partial charge in [-0.15, -0.1) is 0 Å². The number of carboxylic acid groups (broad SMARTS) is 1. The summed E-state index contributed by atoms with van der Waals surface area (Å²) in [5.41, 5.74) is 5.05. The van der Waals surface area contributed by atoms with Crippen LogP contribution in [-0.2, 0) is 17.8 Å². The number of aryl methyl sites for hydroxylation is 1. The number of hydrogen-bond acceptors (Lipinski definition) is 3. The molecule has 5 heteroatoms. The molecule has 3 aromatic carbocycles. The van der Waals surface area contributed by atoms with E-state index in [1.165, 1.54) is 23.8 Å². The van der Waals surface area contributed by atoms with Crippen molar-refractivity contribution in [3.8, 4) is 22.6 Å². The van der Waals surface area contributed by atoms with Gasteiger partial charge in [0.15, 0.2) is 0 Å². The van der Waals surface area contributed by atoms with Crippen molar-refractivity contribution in [2.24, 2.45) is 5.41 Å².